The van der Waals surface area contributed by atoms with Crippen LogP contribution in [-0.2, 0) is 14.2 Å². The molecular formula is C30H36O18. The molecule has 2 fully saturated rings. The first-order valence-corrected chi connectivity index (χ1v) is 14.5. The number of hydrogen-bond acceptors (Lipinski definition) is 18. The van der Waals surface area contributed by atoms with E-state index in [1.165, 1.54) is 26.4 Å². The number of benzene rings is 2. The molecular weight excluding hydrogens is 648 g/mol. The van der Waals surface area contributed by atoms with Crippen molar-refractivity contribution in [2.45, 2.75) is 61.4 Å². The molecule has 2 aliphatic heterocycles. The highest BCUT2D eigenvalue weighted by atomic mass is 16.7. The Labute approximate surface area is 271 Å². The van der Waals surface area contributed by atoms with Gasteiger partial charge >= 0.3 is 0 Å². The summed E-state index contributed by atoms with van der Waals surface area (Å²) in [5.41, 5.74) is -0.837. The van der Waals surface area contributed by atoms with E-state index >= 15 is 0 Å². The molecule has 0 spiro atoms. The van der Waals surface area contributed by atoms with Crippen LogP contribution in [0.4, 0.5) is 0 Å². The van der Waals surface area contributed by atoms with E-state index in [1.807, 2.05) is 0 Å². The maximum Gasteiger partial charge on any atom is 0.229 e. The molecule has 5 rings (SSSR count). The molecule has 18 nitrogen and oxygen atoms in total. The Bertz CT molecular complexity index is 1660. The van der Waals surface area contributed by atoms with E-state index in [0.29, 0.717) is 0 Å². The predicted molar refractivity (Wildman–Crippen MR) is 158 cm³/mol. The van der Waals surface area contributed by atoms with Gasteiger partial charge in [-0.15, -0.1) is 0 Å². The van der Waals surface area contributed by atoms with Crippen molar-refractivity contribution in [1.82, 2.24) is 0 Å². The number of phenols is 2. The lowest BCUT2D eigenvalue weighted by molar-refractivity contribution is -0.323. The molecule has 0 aliphatic carbocycles. The Kier molecular flexibility index (Phi) is 10.5. The fourth-order valence-electron chi connectivity index (χ4n) is 5.48. The number of aromatic hydroxyl groups is 2. The molecule has 2 aromatic carbocycles. The molecule has 48 heavy (non-hydrogen) atoms. The van der Waals surface area contributed by atoms with Crippen LogP contribution < -0.4 is 24.4 Å². The van der Waals surface area contributed by atoms with Gasteiger partial charge in [-0.1, -0.05) is 0 Å². The minimum atomic E-state index is -1.88. The molecule has 2 saturated heterocycles. The van der Waals surface area contributed by atoms with Crippen molar-refractivity contribution in [3.05, 3.63) is 34.7 Å². The largest absolute Gasteiger partial charge is 0.504 e. The summed E-state index contributed by atoms with van der Waals surface area (Å²) in [5, 5.41) is 92.5. The molecule has 10 unspecified atom stereocenters. The summed E-state index contributed by atoms with van der Waals surface area (Å²) in [6, 6.07) is 3.81. The lowest BCUT2D eigenvalue weighted by atomic mass is 9.98. The third-order valence-electron chi connectivity index (χ3n) is 8.12. The Morgan fingerprint density at radius 2 is 1.35 bits per heavy atom. The normalized spacial score (nSPS) is 30.6. The summed E-state index contributed by atoms with van der Waals surface area (Å²) < 4.78 is 43.3. The zero-order chi connectivity index (χ0) is 35.0. The molecule has 18 heteroatoms. The second kappa shape index (κ2) is 14.3. The lowest BCUT2D eigenvalue weighted by Crippen LogP contribution is -2.62. The van der Waals surface area contributed by atoms with Gasteiger partial charge in [0.2, 0.25) is 23.2 Å². The van der Waals surface area contributed by atoms with Gasteiger partial charge in [-0.2, -0.15) is 0 Å². The van der Waals surface area contributed by atoms with Gasteiger partial charge in [0.25, 0.3) is 0 Å². The molecule has 3 heterocycles. The molecule has 0 saturated carbocycles. The molecule has 10 atom stereocenters. The van der Waals surface area contributed by atoms with Crippen LogP contribution in [0.3, 0.4) is 0 Å². The molecule has 264 valence electrons. The maximum atomic E-state index is 13.6. The summed E-state index contributed by atoms with van der Waals surface area (Å²) in [6.45, 7) is -1.33. The first-order chi connectivity index (χ1) is 22.9. The van der Waals surface area contributed by atoms with Crippen molar-refractivity contribution in [1.29, 1.82) is 0 Å². The van der Waals surface area contributed by atoms with Gasteiger partial charge in [-0.05, 0) is 17.7 Å². The minimum Gasteiger partial charge on any atom is -0.504 e. The molecule has 3 aromatic rings. The fraction of sp³-hybridized carbons (Fsp3) is 0.500. The van der Waals surface area contributed by atoms with E-state index in [-0.39, 0.29) is 45.1 Å². The van der Waals surface area contributed by atoms with Gasteiger partial charge in [-0.3, -0.25) is 4.79 Å². The van der Waals surface area contributed by atoms with Crippen LogP contribution in [0, 0.1) is 0 Å². The average Bonchev–Trinajstić information content (AvgIpc) is 3.07. The van der Waals surface area contributed by atoms with Crippen LogP contribution in [0.5, 0.6) is 34.5 Å². The quantitative estimate of drug-likeness (QED) is 0.111. The van der Waals surface area contributed by atoms with Crippen molar-refractivity contribution in [3.8, 4) is 45.6 Å². The predicted octanol–water partition coefficient (Wildman–Crippen LogP) is -2.10. The number of rotatable bonds is 10. The molecule has 0 amide bonds. The number of ether oxygens (including phenoxy) is 7. The van der Waals surface area contributed by atoms with Crippen molar-refractivity contribution < 1.29 is 83.5 Å². The summed E-state index contributed by atoms with van der Waals surface area (Å²) in [5.74, 6) is -1.61. The first kappa shape index (κ1) is 35.4. The molecule has 9 N–H and O–H groups in total. The SMILES string of the molecule is COc1cc(-c2coc3cc(OC4OC(COC5OC(CO)C(O)C(O)C5O)C(O)C(O)C4O)c(OC)c(O)c3c2=O)cc(O)c1OC. The summed E-state index contributed by atoms with van der Waals surface area (Å²) >= 11 is 0. The van der Waals surface area contributed by atoms with Crippen LogP contribution >= 0.6 is 0 Å². The Morgan fingerprint density at radius 1 is 0.729 bits per heavy atom. The van der Waals surface area contributed by atoms with Crippen molar-refractivity contribution in [2.75, 3.05) is 34.5 Å². The van der Waals surface area contributed by atoms with Crippen LogP contribution in [0.15, 0.2) is 33.7 Å². The second-order valence-electron chi connectivity index (χ2n) is 11.0. The lowest BCUT2D eigenvalue weighted by Gasteiger charge is -2.42. The number of hydrogen-bond donors (Lipinski definition) is 9. The smallest absolute Gasteiger partial charge is 0.229 e. The van der Waals surface area contributed by atoms with E-state index in [2.05, 4.69) is 0 Å². The van der Waals surface area contributed by atoms with Crippen molar-refractivity contribution in [2.24, 2.45) is 0 Å². The average molecular weight is 685 g/mol. The molecule has 0 radical (unpaired) electrons. The maximum absolute atomic E-state index is 13.6. The monoisotopic (exact) mass is 684 g/mol. The summed E-state index contributed by atoms with van der Waals surface area (Å²) in [4.78, 5) is 13.6. The first-order valence-electron chi connectivity index (χ1n) is 14.5. The Hall–Kier alpha value is -3.95. The number of methoxy groups -OCH3 is 3. The highest BCUT2D eigenvalue weighted by Crippen LogP contribution is 2.44. The van der Waals surface area contributed by atoms with Gasteiger partial charge in [0.05, 0.1) is 40.1 Å². The van der Waals surface area contributed by atoms with Crippen LogP contribution in [-0.4, -0.2) is 142 Å². The third kappa shape index (κ3) is 6.30. The highest BCUT2D eigenvalue weighted by Gasteiger charge is 2.48. The molecule has 2 aliphatic rings. The topological polar surface area (TPSA) is 277 Å². The Morgan fingerprint density at radius 3 is 1.98 bits per heavy atom. The third-order valence-corrected chi connectivity index (χ3v) is 8.12. The van der Waals surface area contributed by atoms with Gasteiger partial charge in [0.1, 0.15) is 66.1 Å². The molecule has 0 bridgehead atoms. The van der Waals surface area contributed by atoms with Crippen molar-refractivity contribution in [3.63, 3.8) is 0 Å². The minimum absolute atomic E-state index is 0.0326. The number of fused-ring (bicyclic) bond motifs is 1. The standard InChI is InChI=1S/C30H36O18/c1-41-14-5-10(4-12(32)27(14)42-2)11-8-44-13-6-15(28(43-3)22(36)18(13)19(11)33)46-30-26(40)24(38)21(35)17(48-30)9-45-29-25(39)23(37)20(34)16(7-31)47-29/h4-6,8,16-17,20-21,23-26,29-32,34-40H,7,9H2,1-3H3. The number of aliphatic hydroxyl groups excluding tert-OH is 7. The Balaban J connectivity index is 1.42. The number of aliphatic hydroxyl groups is 7. The van der Waals surface area contributed by atoms with E-state index in [4.69, 9.17) is 37.6 Å². The fourth-order valence-corrected chi connectivity index (χ4v) is 5.48. The van der Waals surface area contributed by atoms with E-state index in [0.717, 1.165) is 19.4 Å². The van der Waals surface area contributed by atoms with E-state index in [1.54, 1.807) is 0 Å². The van der Waals surface area contributed by atoms with E-state index in [9.17, 15) is 50.8 Å². The highest BCUT2D eigenvalue weighted by molar-refractivity contribution is 5.91. The molecule has 1 aromatic heterocycles. The van der Waals surface area contributed by atoms with E-state index < -0.39 is 91.6 Å². The van der Waals surface area contributed by atoms with Gasteiger partial charge in [0.15, 0.2) is 29.3 Å². The zero-order valence-corrected chi connectivity index (χ0v) is 25.7. The second-order valence-corrected chi connectivity index (χ2v) is 11.0. The van der Waals surface area contributed by atoms with Gasteiger partial charge in [-0.25, -0.2) is 0 Å². The van der Waals surface area contributed by atoms with Crippen molar-refractivity contribution >= 4 is 11.0 Å². The zero-order valence-electron chi connectivity index (χ0n) is 25.7. The van der Waals surface area contributed by atoms with Gasteiger partial charge in [0, 0.05) is 6.07 Å². The summed E-state index contributed by atoms with van der Waals surface area (Å²) in [7, 11) is 3.81. The van der Waals surface area contributed by atoms with Crippen LogP contribution in [0.2, 0.25) is 0 Å². The van der Waals surface area contributed by atoms with Crippen LogP contribution in [0.25, 0.3) is 22.1 Å². The van der Waals surface area contributed by atoms with Gasteiger partial charge < -0.3 is 83.5 Å². The van der Waals surface area contributed by atoms with Crippen LogP contribution in [0.1, 0.15) is 0 Å². The number of phenolic OH excluding ortho intramolecular Hbond substituents is 2. The summed E-state index contributed by atoms with van der Waals surface area (Å²) in [6.07, 6.45) is -15.6.